The van der Waals surface area contributed by atoms with E-state index in [4.69, 9.17) is 16.6 Å². The monoisotopic (exact) mass is 464 g/mol. The Bertz CT molecular complexity index is 1340. The molecule has 1 unspecified atom stereocenters. The van der Waals surface area contributed by atoms with E-state index in [2.05, 4.69) is 16.5 Å². The first-order valence-electron chi connectivity index (χ1n) is 10.8. The molecule has 2 aromatic carbocycles. The Morgan fingerprint density at radius 1 is 1.12 bits per heavy atom. The normalized spacial score (nSPS) is 18.6. The first kappa shape index (κ1) is 21.2. The van der Waals surface area contributed by atoms with Gasteiger partial charge < -0.3 is 9.47 Å². The van der Waals surface area contributed by atoms with Gasteiger partial charge in [0.1, 0.15) is 11.5 Å². The molecular formula is C25H25ClN4OS. The fraction of sp³-hybridized carbons (Fsp3) is 0.320. The van der Waals surface area contributed by atoms with Gasteiger partial charge in [0.2, 0.25) is 0 Å². The number of benzene rings is 2. The summed E-state index contributed by atoms with van der Waals surface area (Å²) in [4.78, 5) is 26.5. The minimum absolute atomic E-state index is 0.0324. The molecule has 0 spiro atoms. The average Bonchev–Trinajstić information content (AvgIpc) is 3.47. The van der Waals surface area contributed by atoms with Gasteiger partial charge in [0.25, 0.3) is 5.91 Å². The van der Waals surface area contributed by atoms with Crippen molar-refractivity contribution >= 4 is 39.9 Å². The topological polar surface area (TPSA) is 51.0 Å². The number of rotatable bonds is 3. The largest absolute Gasteiger partial charge is 0.329 e. The summed E-state index contributed by atoms with van der Waals surface area (Å²) < 4.78 is 2.11. The summed E-state index contributed by atoms with van der Waals surface area (Å²) in [5.74, 6) is 0.854. The molecule has 0 saturated carbocycles. The van der Waals surface area contributed by atoms with E-state index in [0.717, 1.165) is 50.7 Å². The lowest BCUT2D eigenvalue weighted by molar-refractivity contribution is 0.0595. The molecule has 5 rings (SSSR count). The van der Waals surface area contributed by atoms with Crippen LogP contribution < -0.4 is 0 Å². The van der Waals surface area contributed by atoms with Crippen LogP contribution in [-0.2, 0) is 12.6 Å². The fourth-order valence-corrected chi connectivity index (χ4v) is 5.92. The molecule has 0 radical (unpaired) electrons. The summed E-state index contributed by atoms with van der Waals surface area (Å²) in [6, 6.07) is 13.9. The van der Waals surface area contributed by atoms with Gasteiger partial charge >= 0.3 is 0 Å². The van der Waals surface area contributed by atoms with Crippen LogP contribution in [0.4, 0.5) is 0 Å². The first-order chi connectivity index (χ1) is 15.3. The number of thiazole rings is 1. The van der Waals surface area contributed by atoms with Crippen molar-refractivity contribution < 1.29 is 4.79 Å². The summed E-state index contributed by atoms with van der Waals surface area (Å²) in [5, 5.41) is 1.60. The molecule has 1 saturated heterocycles. The van der Waals surface area contributed by atoms with E-state index in [-0.39, 0.29) is 5.91 Å². The first-order valence-corrected chi connectivity index (χ1v) is 12.0. The number of hydrogen-bond donors (Lipinski definition) is 0. The van der Waals surface area contributed by atoms with Gasteiger partial charge in [-0.2, -0.15) is 0 Å². The Labute approximate surface area is 196 Å². The molecule has 4 aromatic rings. The molecule has 1 amide bonds. The van der Waals surface area contributed by atoms with Gasteiger partial charge in [-0.05, 0) is 56.9 Å². The van der Waals surface area contributed by atoms with Gasteiger partial charge in [-0.3, -0.25) is 4.79 Å². The maximum Gasteiger partial charge on any atom is 0.274 e. The zero-order valence-corrected chi connectivity index (χ0v) is 20.2. The van der Waals surface area contributed by atoms with Crippen molar-refractivity contribution in [3.05, 3.63) is 69.6 Å². The molecule has 0 N–H and O–H groups in total. The second-order valence-electron chi connectivity index (χ2n) is 8.65. The standard InChI is InChI=1S/C25H25ClN4OS/c1-15-18(26)11-12-19-20(15)28-24(29(19)4)25(3)13-8-14-30(25)23(31)21-22(32-16(2)27-21)17-9-6-5-7-10-17/h5-7,9-12H,8,13-14H2,1-4H3. The van der Waals surface area contributed by atoms with E-state index >= 15 is 0 Å². The zero-order valence-electron chi connectivity index (χ0n) is 18.6. The summed E-state index contributed by atoms with van der Waals surface area (Å²) in [6.07, 6.45) is 1.78. The maximum absolute atomic E-state index is 13.9. The highest BCUT2D eigenvalue weighted by atomic mass is 35.5. The van der Waals surface area contributed by atoms with Crippen molar-refractivity contribution in [2.24, 2.45) is 7.05 Å². The summed E-state index contributed by atoms with van der Waals surface area (Å²) >= 11 is 7.93. The van der Waals surface area contributed by atoms with E-state index < -0.39 is 5.54 Å². The van der Waals surface area contributed by atoms with Crippen LogP contribution in [0.5, 0.6) is 0 Å². The average molecular weight is 465 g/mol. The molecule has 0 bridgehead atoms. The molecule has 1 atom stereocenters. The van der Waals surface area contributed by atoms with Crippen molar-refractivity contribution in [1.82, 2.24) is 19.4 Å². The Kier molecular flexibility index (Phi) is 5.10. The number of amides is 1. The zero-order chi connectivity index (χ0) is 22.6. The molecule has 1 fully saturated rings. The van der Waals surface area contributed by atoms with E-state index in [0.29, 0.717) is 17.3 Å². The Morgan fingerprint density at radius 2 is 1.88 bits per heavy atom. The minimum Gasteiger partial charge on any atom is -0.329 e. The smallest absolute Gasteiger partial charge is 0.274 e. The lowest BCUT2D eigenvalue weighted by Gasteiger charge is -2.34. The predicted molar refractivity (Wildman–Crippen MR) is 130 cm³/mol. The lowest BCUT2D eigenvalue weighted by Crippen LogP contribution is -2.44. The quantitative estimate of drug-likeness (QED) is 0.367. The molecule has 3 heterocycles. The van der Waals surface area contributed by atoms with Crippen LogP contribution in [-0.4, -0.2) is 31.9 Å². The second kappa shape index (κ2) is 7.71. The molecular weight excluding hydrogens is 440 g/mol. The van der Waals surface area contributed by atoms with Gasteiger partial charge in [-0.15, -0.1) is 11.3 Å². The SMILES string of the molecule is Cc1nc(C(=O)N2CCCC2(C)c2nc3c(C)c(Cl)ccc3n2C)c(-c2ccccc2)s1. The van der Waals surface area contributed by atoms with E-state index in [9.17, 15) is 4.79 Å². The van der Waals surface area contributed by atoms with Crippen LogP contribution in [0.1, 0.15) is 46.6 Å². The molecule has 2 aromatic heterocycles. The van der Waals surface area contributed by atoms with Crippen LogP contribution in [0, 0.1) is 13.8 Å². The molecule has 1 aliphatic heterocycles. The molecule has 32 heavy (non-hydrogen) atoms. The third kappa shape index (κ3) is 3.16. The second-order valence-corrected chi connectivity index (χ2v) is 10.3. The number of imidazole rings is 1. The fourth-order valence-electron chi connectivity index (χ4n) is 4.86. The minimum atomic E-state index is -0.519. The predicted octanol–water partition coefficient (Wildman–Crippen LogP) is 6.12. The Morgan fingerprint density at radius 3 is 2.62 bits per heavy atom. The summed E-state index contributed by atoms with van der Waals surface area (Å²) in [6.45, 7) is 6.75. The van der Waals surface area contributed by atoms with Crippen LogP contribution >= 0.6 is 22.9 Å². The Balaban J connectivity index is 1.61. The number of likely N-dealkylation sites (tertiary alicyclic amines) is 1. The van der Waals surface area contributed by atoms with Gasteiger partial charge in [0.05, 0.1) is 26.5 Å². The molecule has 7 heteroatoms. The Hall–Kier alpha value is -2.70. The summed E-state index contributed by atoms with van der Waals surface area (Å²) in [7, 11) is 2.02. The van der Waals surface area contributed by atoms with E-state index in [1.807, 2.05) is 68.3 Å². The number of halogens is 1. The highest BCUT2D eigenvalue weighted by molar-refractivity contribution is 7.15. The van der Waals surface area contributed by atoms with Gasteiger partial charge in [0, 0.05) is 18.6 Å². The van der Waals surface area contributed by atoms with Crippen molar-refractivity contribution in [3.8, 4) is 10.4 Å². The number of aromatic nitrogens is 3. The van der Waals surface area contributed by atoms with Crippen molar-refractivity contribution in [1.29, 1.82) is 0 Å². The molecule has 1 aliphatic rings. The third-order valence-corrected chi connectivity index (χ3v) is 8.01. The number of carbonyl (C=O) groups is 1. The number of carbonyl (C=O) groups excluding carboxylic acids is 1. The van der Waals surface area contributed by atoms with Crippen molar-refractivity contribution in [2.45, 2.75) is 39.2 Å². The molecule has 5 nitrogen and oxygen atoms in total. The van der Waals surface area contributed by atoms with Gasteiger partial charge in [-0.25, -0.2) is 9.97 Å². The van der Waals surface area contributed by atoms with Crippen molar-refractivity contribution in [3.63, 3.8) is 0 Å². The molecule has 0 aliphatic carbocycles. The van der Waals surface area contributed by atoms with Gasteiger partial charge in [0.15, 0.2) is 0 Å². The van der Waals surface area contributed by atoms with Crippen LogP contribution in [0.15, 0.2) is 42.5 Å². The van der Waals surface area contributed by atoms with Crippen LogP contribution in [0.25, 0.3) is 21.5 Å². The van der Waals surface area contributed by atoms with E-state index in [1.165, 1.54) is 0 Å². The van der Waals surface area contributed by atoms with Gasteiger partial charge in [-0.1, -0.05) is 41.9 Å². The number of hydrogen-bond acceptors (Lipinski definition) is 4. The number of nitrogens with zero attached hydrogens (tertiary/aromatic N) is 4. The summed E-state index contributed by atoms with van der Waals surface area (Å²) in [5.41, 5.74) is 3.92. The maximum atomic E-state index is 13.9. The highest BCUT2D eigenvalue weighted by Crippen LogP contribution is 2.42. The molecule has 164 valence electrons. The third-order valence-electron chi connectivity index (χ3n) is 6.58. The highest BCUT2D eigenvalue weighted by Gasteiger charge is 2.45. The van der Waals surface area contributed by atoms with Crippen LogP contribution in [0.2, 0.25) is 5.02 Å². The lowest BCUT2D eigenvalue weighted by atomic mass is 9.97. The number of aryl methyl sites for hydroxylation is 3. The van der Waals surface area contributed by atoms with Crippen molar-refractivity contribution in [2.75, 3.05) is 6.54 Å². The van der Waals surface area contributed by atoms with Crippen LogP contribution in [0.3, 0.4) is 0 Å². The number of fused-ring (bicyclic) bond motifs is 1. The van der Waals surface area contributed by atoms with E-state index in [1.54, 1.807) is 11.3 Å².